The fourth-order valence-corrected chi connectivity index (χ4v) is 4.37. The number of hydrogen-bond acceptors (Lipinski definition) is 3. The molecule has 2 aromatic rings. The topological polar surface area (TPSA) is 49.8 Å². The number of rotatable bonds is 4. The summed E-state index contributed by atoms with van der Waals surface area (Å²) in [6, 6.07) is 14.6. The largest absolute Gasteiger partial charge is 0.448 e. The smallest absolute Gasteiger partial charge is 0.410 e. The Kier molecular flexibility index (Phi) is 5.06. The molecule has 4 rings (SSSR count). The molecule has 148 valence electrons. The van der Waals surface area contributed by atoms with Crippen molar-refractivity contribution in [3.63, 3.8) is 0 Å². The lowest BCUT2D eigenvalue weighted by molar-refractivity contribution is -0.118. The van der Waals surface area contributed by atoms with E-state index in [1.807, 2.05) is 48.5 Å². The average molecular weight is 387 g/mol. The summed E-state index contributed by atoms with van der Waals surface area (Å²) in [5.74, 6) is -3.44. The van der Waals surface area contributed by atoms with Crippen molar-refractivity contribution in [1.82, 2.24) is 4.90 Å². The third kappa shape index (κ3) is 3.26. The Hall–Kier alpha value is -2.47. The van der Waals surface area contributed by atoms with Gasteiger partial charge in [-0.05, 0) is 41.5 Å². The summed E-state index contributed by atoms with van der Waals surface area (Å²) in [7, 11) is 0. The number of amides is 1. The van der Waals surface area contributed by atoms with Gasteiger partial charge < -0.3 is 9.84 Å². The molecule has 1 heterocycles. The monoisotopic (exact) mass is 387 g/mol. The van der Waals surface area contributed by atoms with Gasteiger partial charge in [0.2, 0.25) is 0 Å². The Morgan fingerprint density at radius 1 is 1.07 bits per heavy atom. The van der Waals surface area contributed by atoms with Crippen molar-refractivity contribution in [2.24, 2.45) is 0 Å². The maximum Gasteiger partial charge on any atom is 0.410 e. The minimum absolute atomic E-state index is 0.0980. The molecule has 1 N–H and O–H groups in total. The first-order valence-corrected chi connectivity index (χ1v) is 9.63. The molecular weight excluding hydrogens is 364 g/mol. The molecule has 4 nitrogen and oxygen atoms in total. The average Bonchev–Trinajstić information content (AvgIpc) is 3.06. The first-order chi connectivity index (χ1) is 13.5. The quantitative estimate of drug-likeness (QED) is 0.845. The molecule has 1 fully saturated rings. The molecule has 1 atom stereocenters. The summed E-state index contributed by atoms with van der Waals surface area (Å²) >= 11 is 0. The highest BCUT2D eigenvalue weighted by Gasteiger charge is 2.46. The van der Waals surface area contributed by atoms with E-state index in [9.17, 15) is 13.6 Å². The second kappa shape index (κ2) is 7.51. The Balaban J connectivity index is 1.52. The molecule has 0 bridgehead atoms. The lowest BCUT2D eigenvalue weighted by Crippen LogP contribution is -2.54. The van der Waals surface area contributed by atoms with Crippen LogP contribution in [0.25, 0.3) is 11.1 Å². The summed E-state index contributed by atoms with van der Waals surface area (Å²) in [4.78, 5) is 13.7. The minimum atomic E-state index is -3.33. The van der Waals surface area contributed by atoms with Crippen LogP contribution in [0.2, 0.25) is 0 Å². The molecule has 2 aliphatic rings. The predicted molar refractivity (Wildman–Crippen MR) is 101 cm³/mol. The zero-order valence-electron chi connectivity index (χ0n) is 15.5. The number of carbonyl (C=O) groups excluding carboxylic acids is 1. The third-order valence-corrected chi connectivity index (χ3v) is 5.77. The number of nitrogens with zero attached hydrogens (tertiary/aromatic N) is 1. The van der Waals surface area contributed by atoms with Crippen molar-refractivity contribution in [2.45, 2.75) is 37.1 Å². The molecule has 0 radical (unpaired) electrons. The molecule has 0 aromatic heterocycles. The molecule has 28 heavy (non-hydrogen) atoms. The summed E-state index contributed by atoms with van der Waals surface area (Å²) in [5.41, 5.74) is 4.38. The highest BCUT2D eigenvalue weighted by atomic mass is 19.3. The number of piperidine rings is 1. The van der Waals surface area contributed by atoms with Crippen LogP contribution >= 0.6 is 0 Å². The number of alkyl halides is 2. The number of aliphatic hydroxyl groups is 1. The number of hydrogen-bond donors (Lipinski definition) is 1. The summed E-state index contributed by atoms with van der Waals surface area (Å²) < 4.78 is 33.7. The van der Waals surface area contributed by atoms with E-state index in [-0.39, 0.29) is 25.5 Å². The number of likely N-dealkylation sites (tertiary alicyclic amines) is 1. The Labute approximate surface area is 162 Å². The summed E-state index contributed by atoms with van der Waals surface area (Å²) in [5, 5.41) is 9.04. The standard InChI is InChI=1S/C22H23F2NO3/c23-22(24,14-26)20-11-5-6-12-25(20)21(27)28-13-19-17-9-3-1-7-15(17)16-8-2-4-10-18(16)19/h1-4,7-10,19-20,26H,5-6,11-14H2. The van der Waals surface area contributed by atoms with Crippen LogP contribution in [-0.4, -0.2) is 47.8 Å². The SMILES string of the molecule is O=C(OCC1c2ccccc2-c2ccccc21)N1CCCCC1C(F)(F)CO. The second-order valence-corrected chi connectivity index (χ2v) is 7.43. The van der Waals surface area contributed by atoms with Gasteiger partial charge >= 0.3 is 6.09 Å². The number of fused-ring (bicyclic) bond motifs is 3. The maximum absolute atomic E-state index is 14.1. The van der Waals surface area contributed by atoms with Gasteiger partial charge in [0.15, 0.2) is 0 Å². The normalized spacial score (nSPS) is 19.2. The van der Waals surface area contributed by atoms with Gasteiger partial charge in [-0.15, -0.1) is 0 Å². The van der Waals surface area contributed by atoms with E-state index in [0.717, 1.165) is 27.2 Å². The zero-order chi connectivity index (χ0) is 19.7. The predicted octanol–water partition coefficient (Wildman–Crippen LogP) is 4.42. The Bertz CT molecular complexity index is 825. The van der Waals surface area contributed by atoms with Gasteiger partial charge in [0.25, 0.3) is 5.92 Å². The van der Waals surface area contributed by atoms with E-state index in [1.165, 1.54) is 0 Å². The van der Waals surface area contributed by atoms with E-state index < -0.39 is 24.7 Å². The van der Waals surface area contributed by atoms with Crippen LogP contribution in [-0.2, 0) is 4.74 Å². The van der Waals surface area contributed by atoms with Gasteiger partial charge in [-0.3, -0.25) is 4.90 Å². The highest BCUT2D eigenvalue weighted by molar-refractivity contribution is 5.79. The molecule has 1 amide bonds. The van der Waals surface area contributed by atoms with Crippen LogP contribution in [0.4, 0.5) is 13.6 Å². The highest BCUT2D eigenvalue weighted by Crippen LogP contribution is 2.44. The van der Waals surface area contributed by atoms with Gasteiger partial charge in [0.1, 0.15) is 19.3 Å². The van der Waals surface area contributed by atoms with Crippen LogP contribution < -0.4 is 0 Å². The van der Waals surface area contributed by atoms with Gasteiger partial charge in [0.05, 0.1) is 0 Å². The van der Waals surface area contributed by atoms with E-state index in [2.05, 4.69) is 0 Å². The maximum atomic E-state index is 14.1. The molecule has 0 saturated carbocycles. The van der Waals surface area contributed by atoms with Crippen molar-refractivity contribution < 1.29 is 23.4 Å². The molecule has 1 aliphatic heterocycles. The van der Waals surface area contributed by atoms with Crippen molar-refractivity contribution in [1.29, 1.82) is 0 Å². The Morgan fingerprint density at radius 3 is 2.29 bits per heavy atom. The molecular formula is C22H23F2NO3. The molecule has 6 heteroatoms. The minimum Gasteiger partial charge on any atom is -0.448 e. The molecule has 1 aliphatic carbocycles. The van der Waals surface area contributed by atoms with Crippen LogP contribution in [0.15, 0.2) is 48.5 Å². The van der Waals surface area contributed by atoms with E-state index in [1.54, 1.807) is 0 Å². The third-order valence-electron chi connectivity index (χ3n) is 5.77. The van der Waals surface area contributed by atoms with Crippen LogP contribution in [0, 0.1) is 0 Å². The summed E-state index contributed by atoms with van der Waals surface area (Å²) in [6.45, 7) is -0.956. The van der Waals surface area contributed by atoms with Gasteiger partial charge in [-0.2, -0.15) is 0 Å². The number of halogens is 2. The fraction of sp³-hybridized carbons (Fsp3) is 0.409. The van der Waals surface area contributed by atoms with E-state index in [4.69, 9.17) is 9.84 Å². The summed E-state index contributed by atoms with van der Waals surface area (Å²) in [6.07, 6.45) is 0.688. The number of aliphatic hydroxyl groups excluding tert-OH is 1. The first kappa shape index (κ1) is 18.9. The molecule has 1 saturated heterocycles. The van der Waals surface area contributed by atoms with Crippen LogP contribution in [0.3, 0.4) is 0 Å². The number of benzene rings is 2. The Morgan fingerprint density at radius 2 is 1.68 bits per heavy atom. The van der Waals surface area contributed by atoms with E-state index in [0.29, 0.717) is 12.8 Å². The van der Waals surface area contributed by atoms with Crippen molar-refractivity contribution >= 4 is 6.09 Å². The van der Waals surface area contributed by atoms with Gasteiger partial charge in [-0.1, -0.05) is 48.5 Å². The van der Waals surface area contributed by atoms with Crippen LogP contribution in [0.5, 0.6) is 0 Å². The molecule has 1 unspecified atom stereocenters. The lowest BCUT2D eigenvalue weighted by Gasteiger charge is -2.38. The lowest BCUT2D eigenvalue weighted by atomic mass is 9.97. The second-order valence-electron chi connectivity index (χ2n) is 7.43. The van der Waals surface area contributed by atoms with Gasteiger partial charge in [-0.25, -0.2) is 13.6 Å². The van der Waals surface area contributed by atoms with Gasteiger partial charge in [0, 0.05) is 12.5 Å². The fourth-order valence-electron chi connectivity index (χ4n) is 4.37. The molecule has 2 aromatic carbocycles. The van der Waals surface area contributed by atoms with Crippen molar-refractivity contribution in [3.8, 4) is 11.1 Å². The van der Waals surface area contributed by atoms with Crippen LogP contribution in [0.1, 0.15) is 36.3 Å². The molecule has 0 spiro atoms. The zero-order valence-corrected chi connectivity index (χ0v) is 15.5. The number of ether oxygens (including phenoxy) is 1. The van der Waals surface area contributed by atoms with Crippen molar-refractivity contribution in [3.05, 3.63) is 59.7 Å². The van der Waals surface area contributed by atoms with Crippen molar-refractivity contribution in [2.75, 3.05) is 19.8 Å². The first-order valence-electron chi connectivity index (χ1n) is 9.63. The number of carbonyl (C=O) groups is 1. The van der Waals surface area contributed by atoms with E-state index >= 15 is 0 Å².